The zero-order valence-corrected chi connectivity index (χ0v) is 15.8. The highest BCUT2D eigenvalue weighted by molar-refractivity contribution is 5.95. The second kappa shape index (κ2) is 9.40. The number of benzene rings is 2. The molecule has 0 saturated carbocycles. The van der Waals surface area contributed by atoms with E-state index in [1.807, 2.05) is 0 Å². The van der Waals surface area contributed by atoms with Gasteiger partial charge in [0.2, 0.25) is 5.82 Å². The summed E-state index contributed by atoms with van der Waals surface area (Å²) in [5.74, 6) is -2.05. The van der Waals surface area contributed by atoms with Gasteiger partial charge in [0.1, 0.15) is 5.82 Å². The van der Waals surface area contributed by atoms with Gasteiger partial charge in [0.15, 0.2) is 0 Å². The number of nitro benzene ring substituents is 1. The van der Waals surface area contributed by atoms with E-state index in [0.29, 0.717) is 5.56 Å². The average molecular weight is 394 g/mol. The first-order valence-corrected chi connectivity index (χ1v) is 7.88. The van der Waals surface area contributed by atoms with E-state index in [4.69, 9.17) is 5.73 Å². The molecule has 150 valence electrons. The number of rotatable bonds is 3. The summed E-state index contributed by atoms with van der Waals surface area (Å²) in [7, 11) is 6.28. The molecule has 0 aliphatic rings. The van der Waals surface area contributed by atoms with Gasteiger partial charge in [-0.1, -0.05) is 0 Å². The summed E-state index contributed by atoms with van der Waals surface area (Å²) in [6, 6.07) is 6.98. The summed E-state index contributed by atoms with van der Waals surface area (Å²) >= 11 is 0. The average Bonchev–Trinajstić information content (AvgIpc) is 2.63. The van der Waals surface area contributed by atoms with Gasteiger partial charge < -0.3 is 15.5 Å². The number of hydrogen-bond acceptors (Lipinski definition) is 5. The van der Waals surface area contributed by atoms with E-state index in [1.165, 1.54) is 48.2 Å². The van der Waals surface area contributed by atoms with Crippen molar-refractivity contribution in [1.82, 2.24) is 9.80 Å². The maximum atomic E-state index is 12.9. The molecule has 2 aromatic carbocycles. The maximum absolute atomic E-state index is 12.9. The third-order valence-electron chi connectivity index (χ3n) is 3.45. The van der Waals surface area contributed by atoms with E-state index < -0.39 is 28.2 Å². The SMILES string of the molecule is CN(C)C(=O)c1ccc(F)c(N)c1.CN(C)C(=O)c1ccc(F)c([N+](=O)[O-])c1. The summed E-state index contributed by atoms with van der Waals surface area (Å²) in [6.45, 7) is 0. The summed E-state index contributed by atoms with van der Waals surface area (Å²) in [5, 5.41) is 10.4. The molecule has 0 saturated heterocycles. The molecular weight excluding hydrogens is 374 g/mol. The van der Waals surface area contributed by atoms with E-state index in [0.717, 1.165) is 12.1 Å². The Labute approximate surface area is 160 Å². The molecule has 2 rings (SSSR count). The Hall–Kier alpha value is -3.56. The Morgan fingerprint density at radius 3 is 1.71 bits per heavy atom. The maximum Gasteiger partial charge on any atom is 0.305 e. The molecule has 10 heteroatoms. The fourth-order valence-electron chi connectivity index (χ4n) is 1.98. The predicted octanol–water partition coefficient (Wildman–Crippen LogP) is 2.55. The van der Waals surface area contributed by atoms with Crippen LogP contribution in [0.15, 0.2) is 36.4 Å². The van der Waals surface area contributed by atoms with E-state index >= 15 is 0 Å². The molecular formula is C18H20F2N4O4. The molecule has 2 N–H and O–H groups in total. The van der Waals surface area contributed by atoms with Gasteiger partial charge in [0.25, 0.3) is 11.8 Å². The van der Waals surface area contributed by atoms with Crippen molar-refractivity contribution in [2.75, 3.05) is 33.9 Å². The highest BCUT2D eigenvalue weighted by atomic mass is 19.1. The van der Waals surface area contributed by atoms with Crippen LogP contribution in [0.25, 0.3) is 0 Å². The number of nitrogen functional groups attached to an aromatic ring is 1. The lowest BCUT2D eigenvalue weighted by Crippen LogP contribution is -2.21. The number of halogens is 2. The fourth-order valence-corrected chi connectivity index (χ4v) is 1.98. The van der Waals surface area contributed by atoms with Crippen LogP contribution in [0, 0.1) is 21.7 Å². The van der Waals surface area contributed by atoms with E-state index in [-0.39, 0.29) is 17.2 Å². The number of nitrogens with two attached hydrogens (primary N) is 1. The molecule has 0 spiro atoms. The zero-order chi connectivity index (χ0) is 21.6. The fraction of sp³-hybridized carbons (Fsp3) is 0.222. The first-order chi connectivity index (χ1) is 13.0. The number of carbonyl (C=O) groups is 2. The Morgan fingerprint density at radius 1 is 0.893 bits per heavy atom. The van der Waals surface area contributed by atoms with Crippen LogP contribution >= 0.6 is 0 Å². The van der Waals surface area contributed by atoms with E-state index in [2.05, 4.69) is 0 Å². The van der Waals surface area contributed by atoms with Crippen molar-refractivity contribution < 1.29 is 23.3 Å². The Kier molecular flexibility index (Phi) is 7.55. The summed E-state index contributed by atoms with van der Waals surface area (Å²) in [6.07, 6.45) is 0. The van der Waals surface area contributed by atoms with Crippen molar-refractivity contribution in [2.24, 2.45) is 0 Å². The van der Waals surface area contributed by atoms with Gasteiger partial charge in [-0.25, -0.2) is 4.39 Å². The molecule has 0 radical (unpaired) electrons. The lowest BCUT2D eigenvalue weighted by atomic mass is 10.2. The monoisotopic (exact) mass is 394 g/mol. The molecule has 0 aliphatic carbocycles. The van der Waals surface area contributed by atoms with Crippen molar-refractivity contribution in [2.45, 2.75) is 0 Å². The Balaban J connectivity index is 0.000000283. The molecule has 8 nitrogen and oxygen atoms in total. The lowest BCUT2D eigenvalue weighted by Gasteiger charge is -2.10. The van der Waals surface area contributed by atoms with Crippen LogP contribution in [0.4, 0.5) is 20.2 Å². The Bertz CT molecular complexity index is 901. The number of amides is 2. The first-order valence-electron chi connectivity index (χ1n) is 7.88. The second-order valence-electron chi connectivity index (χ2n) is 6.06. The van der Waals surface area contributed by atoms with Crippen LogP contribution in [0.5, 0.6) is 0 Å². The van der Waals surface area contributed by atoms with Crippen LogP contribution in [0.3, 0.4) is 0 Å². The molecule has 0 aliphatic heterocycles. The normalized spacial score (nSPS) is 9.79. The predicted molar refractivity (Wildman–Crippen MR) is 99.9 cm³/mol. The van der Waals surface area contributed by atoms with Crippen LogP contribution in [-0.4, -0.2) is 54.7 Å². The van der Waals surface area contributed by atoms with Crippen molar-refractivity contribution in [3.63, 3.8) is 0 Å². The van der Waals surface area contributed by atoms with Gasteiger partial charge in [0, 0.05) is 45.4 Å². The van der Waals surface area contributed by atoms with Crippen LogP contribution in [0.2, 0.25) is 0 Å². The minimum atomic E-state index is -0.949. The van der Waals surface area contributed by atoms with Gasteiger partial charge >= 0.3 is 5.69 Å². The van der Waals surface area contributed by atoms with Crippen LogP contribution in [0.1, 0.15) is 20.7 Å². The highest BCUT2D eigenvalue weighted by Crippen LogP contribution is 2.19. The lowest BCUT2D eigenvalue weighted by molar-refractivity contribution is -0.387. The molecule has 2 amide bonds. The van der Waals surface area contributed by atoms with Gasteiger partial charge in [-0.15, -0.1) is 0 Å². The molecule has 0 heterocycles. The smallest absolute Gasteiger partial charge is 0.305 e. The number of nitrogens with zero attached hydrogens (tertiary/aromatic N) is 3. The van der Waals surface area contributed by atoms with Crippen molar-refractivity contribution >= 4 is 23.2 Å². The summed E-state index contributed by atoms with van der Waals surface area (Å²) in [5.41, 5.74) is 5.10. The van der Waals surface area contributed by atoms with Crippen molar-refractivity contribution in [3.05, 3.63) is 69.3 Å². The number of nitro groups is 1. The highest BCUT2D eigenvalue weighted by Gasteiger charge is 2.18. The summed E-state index contributed by atoms with van der Waals surface area (Å²) < 4.78 is 25.6. The molecule has 2 aromatic rings. The molecule has 0 aromatic heterocycles. The molecule has 28 heavy (non-hydrogen) atoms. The van der Waals surface area contributed by atoms with E-state index in [1.54, 1.807) is 14.1 Å². The van der Waals surface area contributed by atoms with Crippen LogP contribution in [-0.2, 0) is 0 Å². The van der Waals surface area contributed by atoms with Gasteiger partial charge in [0.05, 0.1) is 10.6 Å². The van der Waals surface area contributed by atoms with Crippen molar-refractivity contribution in [1.29, 1.82) is 0 Å². The van der Waals surface area contributed by atoms with Gasteiger partial charge in [-0.05, 0) is 30.3 Å². The largest absolute Gasteiger partial charge is 0.396 e. The second-order valence-corrected chi connectivity index (χ2v) is 6.06. The van der Waals surface area contributed by atoms with E-state index in [9.17, 15) is 28.5 Å². The summed E-state index contributed by atoms with van der Waals surface area (Å²) in [4.78, 5) is 35.0. The molecule has 0 fully saturated rings. The minimum absolute atomic E-state index is 0.00676. The molecule has 0 bridgehead atoms. The zero-order valence-electron chi connectivity index (χ0n) is 15.8. The quantitative estimate of drug-likeness (QED) is 0.489. The third-order valence-corrected chi connectivity index (χ3v) is 3.45. The van der Waals surface area contributed by atoms with Crippen LogP contribution < -0.4 is 5.73 Å². The number of anilines is 1. The topological polar surface area (TPSA) is 110 Å². The third kappa shape index (κ3) is 5.73. The molecule has 0 unspecified atom stereocenters. The minimum Gasteiger partial charge on any atom is -0.396 e. The van der Waals surface area contributed by atoms with Crippen molar-refractivity contribution in [3.8, 4) is 0 Å². The standard InChI is InChI=1S/C9H9FN2O3.C9H11FN2O/c1-11(2)9(13)6-3-4-7(10)8(5-6)12(14)15;1-12(2)9(13)6-3-4-7(10)8(11)5-6/h3-5H,1-2H3;3-5H,11H2,1-2H3. The number of carbonyl (C=O) groups excluding carboxylic acids is 2. The molecule has 0 atom stereocenters. The Morgan fingerprint density at radius 2 is 1.32 bits per heavy atom. The van der Waals surface area contributed by atoms with Gasteiger partial charge in [-0.2, -0.15) is 4.39 Å². The first kappa shape index (κ1) is 22.5. The number of hydrogen-bond donors (Lipinski definition) is 1. The van der Waals surface area contributed by atoms with Gasteiger partial charge in [-0.3, -0.25) is 19.7 Å².